The van der Waals surface area contributed by atoms with Crippen molar-refractivity contribution in [2.45, 2.75) is 57.5 Å². The van der Waals surface area contributed by atoms with Crippen LogP contribution in [0.15, 0.2) is 24.3 Å². The summed E-state index contributed by atoms with van der Waals surface area (Å²) in [6.45, 7) is 4.46. The van der Waals surface area contributed by atoms with Crippen LogP contribution in [0.25, 0.3) is 0 Å². The van der Waals surface area contributed by atoms with Crippen molar-refractivity contribution in [2.24, 2.45) is 0 Å². The number of aromatic amines is 1. The first-order valence-corrected chi connectivity index (χ1v) is 11.7. The molecule has 2 fully saturated rings. The molecule has 1 aromatic carbocycles. The Hall–Kier alpha value is -3.55. The fourth-order valence-corrected chi connectivity index (χ4v) is 4.25. The maximum atomic E-state index is 12.5. The summed E-state index contributed by atoms with van der Waals surface area (Å²) in [7, 11) is 0. The first kappa shape index (κ1) is 24.6. The molecule has 2 heterocycles. The summed E-state index contributed by atoms with van der Waals surface area (Å²) < 4.78 is 22.4. The van der Waals surface area contributed by atoms with Crippen molar-refractivity contribution < 1.29 is 28.5 Å². The third-order valence-corrected chi connectivity index (χ3v) is 5.81. The molecule has 0 radical (unpaired) electrons. The van der Waals surface area contributed by atoms with Gasteiger partial charge >= 0.3 is 6.09 Å². The number of carbonyl (C=O) groups excluding carboxylic acids is 2. The third kappa shape index (κ3) is 6.32. The number of carbonyl (C=O) groups is 2. The molecule has 4 rings (SSSR count). The molecule has 1 aromatic heterocycles. The number of ether oxygens (including phenoxy) is 4. The van der Waals surface area contributed by atoms with E-state index in [4.69, 9.17) is 25.4 Å². The number of alkyl carbamates (subject to hydrolysis) is 1. The maximum Gasteiger partial charge on any atom is 0.407 e. The first-order valence-electron chi connectivity index (χ1n) is 11.7. The van der Waals surface area contributed by atoms with Crippen molar-refractivity contribution in [3.63, 3.8) is 0 Å². The molecule has 1 saturated heterocycles. The number of aromatic nitrogens is 2. The Labute approximate surface area is 204 Å². The molecule has 2 atom stereocenters. The molecule has 0 unspecified atom stereocenters. The molecule has 10 heteroatoms. The van der Waals surface area contributed by atoms with Gasteiger partial charge in [-0.15, -0.1) is 6.42 Å². The largest absolute Gasteiger partial charge is 0.483 e. The lowest BCUT2D eigenvalue weighted by molar-refractivity contribution is -0.118. The minimum atomic E-state index is -0.620. The fraction of sp³-hybridized carbons (Fsp3) is 0.480. The minimum absolute atomic E-state index is 0.0275. The van der Waals surface area contributed by atoms with Gasteiger partial charge in [0.15, 0.2) is 18.7 Å². The Morgan fingerprint density at radius 2 is 2.09 bits per heavy atom. The Morgan fingerprint density at radius 3 is 2.83 bits per heavy atom. The standard InChI is InChI=1S/C25H30N4O6/c1-4-16-6-5-7-20(23(16)24-32-10-11-33-24)34-14-22(30)27-21-13-19(28-29-21)17-8-9-18(12-17)35-25(31)26-15(2)3/h1,5-7,13,15,17-18,24H,8-12,14H2,2-3H3,(H,26,31)(H2,27,28,29,30)/t17-,18+/m0/s1. The first-order chi connectivity index (χ1) is 16.9. The van der Waals surface area contributed by atoms with Crippen LogP contribution < -0.4 is 15.4 Å². The summed E-state index contributed by atoms with van der Waals surface area (Å²) in [5, 5.41) is 12.6. The average Bonchev–Trinajstić information content (AvgIpc) is 3.59. The molecule has 2 aromatic rings. The van der Waals surface area contributed by atoms with Gasteiger partial charge in [-0.1, -0.05) is 12.0 Å². The minimum Gasteiger partial charge on any atom is -0.483 e. The van der Waals surface area contributed by atoms with Crippen LogP contribution in [0.5, 0.6) is 5.75 Å². The van der Waals surface area contributed by atoms with Crippen LogP contribution in [0.3, 0.4) is 0 Å². The molecule has 35 heavy (non-hydrogen) atoms. The van der Waals surface area contributed by atoms with Gasteiger partial charge < -0.3 is 29.6 Å². The van der Waals surface area contributed by atoms with E-state index in [2.05, 4.69) is 26.8 Å². The molecular formula is C25H30N4O6. The van der Waals surface area contributed by atoms with Gasteiger partial charge in [-0.2, -0.15) is 5.10 Å². The van der Waals surface area contributed by atoms with Crippen molar-refractivity contribution in [3.8, 4) is 18.1 Å². The molecular weight excluding hydrogens is 452 g/mol. The van der Waals surface area contributed by atoms with Crippen LogP contribution in [0.1, 0.15) is 62.1 Å². The highest BCUT2D eigenvalue weighted by molar-refractivity contribution is 5.91. The van der Waals surface area contributed by atoms with Gasteiger partial charge in [0.2, 0.25) is 0 Å². The van der Waals surface area contributed by atoms with Crippen LogP contribution in [0.4, 0.5) is 10.6 Å². The molecule has 186 valence electrons. The van der Waals surface area contributed by atoms with Crippen LogP contribution in [0.2, 0.25) is 0 Å². The van der Waals surface area contributed by atoms with Gasteiger partial charge in [-0.05, 0) is 45.2 Å². The van der Waals surface area contributed by atoms with Gasteiger partial charge in [0, 0.05) is 29.3 Å². The number of terminal acetylenes is 1. The van der Waals surface area contributed by atoms with Gasteiger partial charge in [0.05, 0.1) is 18.8 Å². The number of hydrogen-bond acceptors (Lipinski definition) is 7. The average molecular weight is 483 g/mol. The van der Waals surface area contributed by atoms with Crippen molar-refractivity contribution >= 4 is 17.8 Å². The summed E-state index contributed by atoms with van der Waals surface area (Å²) in [5.74, 6) is 3.24. The van der Waals surface area contributed by atoms with Crippen molar-refractivity contribution in [1.82, 2.24) is 15.5 Å². The summed E-state index contributed by atoms with van der Waals surface area (Å²) in [6, 6.07) is 7.07. The second-order valence-corrected chi connectivity index (χ2v) is 8.82. The molecule has 2 aliphatic rings. The number of nitrogens with one attached hydrogen (secondary N) is 3. The number of amides is 2. The smallest absolute Gasteiger partial charge is 0.407 e. The lowest BCUT2D eigenvalue weighted by atomic mass is 10.0. The number of benzene rings is 1. The Morgan fingerprint density at radius 1 is 1.29 bits per heavy atom. The Bertz CT molecular complexity index is 1090. The van der Waals surface area contributed by atoms with E-state index in [0.29, 0.717) is 42.3 Å². The molecule has 1 aliphatic carbocycles. The van der Waals surface area contributed by atoms with Crippen molar-refractivity contribution in [2.75, 3.05) is 25.1 Å². The highest BCUT2D eigenvalue weighted by Crippen LogP contribution is 2.36. The highest BCUT2D eigenvalue weighted by Gasteiger charge is 2.30. The monoisotopic (exact) mass is 482 g/mol. The molecule has 3 N–H and O–H groups in total. The SMILES string of the molecule is C#Cc1cccc(OCC(=O)Nc2cc([C@H]3CC[C@@H](OC(=O)NC(C)C)C3)[nH]n2)c1C1OCCO1. The van der Waals surface area contributed by atoms with Gasteiger partial charge in [-0.25, -0.2) is 4.79 Å². The Kier molecular flexibility index (Phi) is 7.90. The highest BCUT2D eigenvalue weighted by atomic mass is 16.7. The van der Waals surface area contributed by atoms with E-state index in [1.807, 2.05) is 13.8 Å². The lowest BCUT2D eigenvalue weighted by Crippen LogP contribution is -2.33. The number of H-pyrrole nitrogens is 1. The third-order valence-electron chi connectivity index (χ3n) is 5.81. The van der Waals surface area contributed by atoms with E-state index in [1.165, 1.54) is 0 Å². The molecule has 1 saturated carbocycles. The van der Waals surface area contributed by atoms with Gasteiger partial charge in [0.1, 0.15) is 11.9 Å². The summed E-state index contributed by atoms with van der Waals surface area (Å²) in [6.07, 6.45) is 6.79. The van der Waals surface area contributed by atoms with Crippen LogP contribution in [0, 0.1) is 12.3 Å². The van der Waals surface area contributed by atoms with Gasteiger partial charge in [-0.3, -0.25) is 9.89 Å². The topological polar surface area (TPSA) is 124 Å². The fourth-order valence-electron chi connectivity index (χ4n) is 4.25. The molecule has 2 amide bonds. The second kappa shape index (κ2) is 11.3. The van der Waals surface area contributed by atoms with E-state index in [1.54, 1.807) is 24.3 Å². The molecule has 0 spiro atoms. The zero-order chi connectivity index (χ0) is 24.8. The molecule has 1 aliphatic heterocycles. The van der Waals surface area contributed by atoms with Crippen molar-refractivity contribution in [1.29, 1.82) is 0 Å². The zero-order valence-corrected chi connectivity index (χ0v) is 19.8. The summed E-state index contributed by atoms with van der Waals surface area (Å²) >= 11 is 0. The predicted molar refractivity (Wildman–Crippen MR) is 127 cm³/mol. The summed E-state index contributed by atoms with van der Waals surface area (Å²) in [5.41, 5.74) is 2.07. The van der Waals surface area contributed by atoms with E-state index in [-0.39, 0.29) is 30.6 Å². The number of rotatable bonds is 8. The molecule has 10 nitrogen and oxygen atoms in total. The summed E-state index contributed by atoms with van der Waals surface area (Å²) in [4.78, 5) is 24.3. The quantitative estimate of drug-likeness (QED) is 0.494. The maximum absolute atomic E-state index is 12.5. The van der Waals surface area contributed by atoms with Gasteiger partial charge in [0.25, 0.3) is 5.91 Å². The van der Waals surface area contributed by atoms with E-state index in [0.717, 1.165) is 18.5 Å². The lowest BCUT2D eigenvalue weighted by Gasteiger charge is -2.17. The number of nitrogens with zero attached hydrogens (tertiary/aromatic N) is 1. The van der Waals surface area contributed by atoms with Crippen LogP contribution in [-0.2, 0) is 19.0 Å². The Balaban J connectivity index is 1.30. The predicted octanol–water partition coefficient (Wildman–Crippen LogP) is 3.22. The van der Waals surface area contributed by atoms with Crippen LogP contribution >= 0.6 is 0 Å². The number of hydrogen-bond donors (Lipinski definition) is 3. The van der Waals surface area contributed by atoms with Crippen molar-refractivity contribution in [3.05, 3.63) is 41.1 Å². The number of anilines is 1. The van der Waals surface area contributed by atoms with Crippen LogP contribution in [-0.4, -0.2) is 54.2 Å². The van der Waals surface area contributed by atoms with E-state index < -0.39 is 12.4 Å². The molecule has 0 bridgehead atoms. The normalized spacial score (nSPS) is 19.9. The second-order valence-electron chi connectivity index (χ2n) is 8.82. The van der Waals surface area contributed by atoms with E-state index in [9.17, 15) is 9.59 Å². The van der Waals surface area contributed by atoms with E-state index >= 15 is 0 Å². The zero-order valence-electron chi connectivity index (χ0n) is 19.8.